The largest absolute Gasteiger partial charge is 0.480 e. The maximum atomic E-state index is 11.7. The average Bonchev–Trinajstić information content (AvgIpc) is 2.14. The van der Waals surface area contributed by atoms with Crippen molar-refractivity contribution < 1.29 is 13.7 Å². The molecule has 0 heterocycles. The second-order valence-electron chi connectivity index (χ2n) is 2.80. The number of halogens is 1. The Morgan fingerprint density at radius 2 is 2.14 bits per heavy atom. The molecule has 0 aromatic rings. The van der Waals surface area contributed by atoms with E-state index in [1.165, 1.54) is 11.8 Å². The van der Waals surface area contributed by atoms with Gasteiger partial charge in [-0.1, -0.05) is 23.7 Å². The lowest BCUT2D eigenvalue weighted by Gasteiger charge is -2.18. The number of hydrogen-bond acceptors (Lipinski definition) is 4. The van der Waals surface area contributed by atoms with E-state index in [0.29, 0.717) is 6.42 Å². The quantitative estimate of drug-likeness (QED) is 0.408. The third kappa shape index (κ3) is 4.42. The molecule has 7 heteroatoms. The van der Waals surface area contributed by atoms with Crippen molar-refractivity contribution in [2.45, 2.75) is 19.8 Å². The van der Waals surface area contributed by atoms with Gasteiger partial charge in [-0.15, -0.1) is 0 Å². The van der Waals surface area contributed by atoms with Crippen LogP contribution in [0.15, 0.2) is 5.16 Å². The molecule has 14 heavy (non-hydrogen) atoms. The minimum absolute atomic E-state index is 0.284. The smallest absolute Gasteiger partial charge is 0.300 e. The minimum Gasteiger partial charge on any atom is -0.300 e. The van der Waals surface area contributed by atoms with E-state index in [-0.39, 0.29) is 5.17 Å². The minimum atomic E-state index is -3.29. The highest BCUT2D eigenvalue weighted by molar-refractivity contribution is 7.51. The molecule has 0 radical (unpaired) electrons. The maximum Gasteiger partial charge on any atom is 0.480 e. The highest BCUT2D eigenvalue weighted by Crippen LogP contribution is 2.49. The molecule has 84 valence electrons. The molecule has 0 unspecified atom stereocenters. The van der Waals surface area contributed by atoms with E-state index in [1.807, 2.05) is 6.92 Å². The standard InChI is InChI=1S/C7H16ClN2O3P/c1-5-6-7(8)9-13-14(11,12-4)10(2)3/h5-6H2,1-4H3/b9-7-/t14-/m0/s1. The van der Waals surface area contributed by atoms with Crippen LogP contribution in [0.5, 0.6) is 0 Å². The van der Waals surface area contributed by atoms with Crippen molar-refractivity contribution in [2.24, 2.45) is 5.16 Å². The average molecular weight is 243 g/mol. The van der Waals surface area contributed by atoms with Crippen molar-refractivity contribution in [3.8, 4) is 0 Å². The summed E-state index contributed by atoms with van der Waals surface area (Å²) < 4.78 is 22.5. The van der Waals surface area contributed by atoms with Crippen molar-refractivity contribution >= 4 is 24.5 Å². The van der Waals surface area contributed by atoms with Crippen LogP contribution in [0.2, 0.25) is 0 Å². The third-order valence-corrected chi connectivity index (χ3v) is 3.41. The predicted molar refractivity (Wildman–Crippen MR) is 57.6 cm³/mol. The Morgan fingerprint density at radius 3 is 2.50 bits per heavy atom. The Labute approximate surface area is 89.6 Å². The van der Waals surface area contributed by atoms with Crippen LogP contribution in [-0.4, -0.2) is 31.0 Å². The van der Waals surface area contributed by atoms with Crippen LogP contribution in [-0.2, 0) is 13.7 Å². The first-order valence-electron chi connectivity index (χ1n) is 4.21. The summed E-state index contributed by atoms with van der Waals surface area (Å²) >= 11 is 5.68. The van der Waals surface area contributed by atoms with E-state index in [9.17, 15) is 4.57 Å². The van der Waals surface area contributed by atoms with E-state index in [2.05, 4.69) is 5.16 Å². The van der Waals surface area contributed by atoms with E-state index < -0.39 is 7.75 Å². The van der Waals surface area contributed by atoms with Crippen LogP contribution in [0.1, 0.15) is 19.8 Å². The molecule has 0 bridgehead atoms. The van der Waals surface area contributed by atoms with Crippen molar-refractivity contribution in [3.05, 3.63) is 0 Å². The zero-order valence-electron chi connectivity index (χ0n) is 8.86. The van der Waals surface area contributed by atoms with E-state index in [4.69, 9.17) is 20.7 Å². The van der Waals surface area contributed by atoms with Gasteiger partial charge >= 0.3 is 7.75 Å². The first kappa shape index (κ1) is 13.9. The summed E-state index contributed by atoms with van der Waals surface area (Å²) in [5.74, 6) is 0. The van der Waals surface area contributed by atoms with Crippen molar-refractivity contribution in [1.82, 2.24) is 4.67 Å². The second-order valence-corrected chi connectivity index (χ2v) is 5.50. The lowest BCUT2D eigenvalue weighted by atomic mass is 10.4. The molecule has 1 atom stereocenters. The third-order valence-electron chi connectivity index (χ3n) is 1.42. The first-order valence-corrected chi connectivity index (χ1v) is 6.08. The van der Waals surface area contributed by atoms with Crippen LogP contribution in [0, 0.1) is 0 Å². The molecule has 0 fully saturated rings. The lowest BCUT2D eigenvalue weighted by Crippen LogP contribution is -2.10. The number of hydrogen-bond donors (Lipinski definition) is 0. The molecule has 0 aliphatic carbocycles. The molecular formula is C7H16ClN2O3P. The molecule has 5 nitrogen and oxygen atoms in total. The van der Waals surface area contributed by atoms with Gasteiger partial charge in [-0.25, -0.2) is 9.24 Å². The molecule has 0 aliphatic heterocycles. The molecule has 0 amide bonds. The number of nitrogens with zero attached hydrogens (tertiary/aromatic N) is 2. The van der Waals surface area contributed by atoms with E-state index in [0.717, 1.165) is 6.42 Å². The van der Waals surface area contributed by atoms with Crippen LogP contribution >= 0.6 is 19.3 Å². The molecule has 0 N–H and O–H groups in total. The summed E-state index contributed by atoms with van der Waals surface area (Å²) in [5, 5.41) is 3.81. The second kappa shape index (κ2) is 6.40. The number of oxime groups is 1. The van der Waals surface area contributed by atoms with Gasteiger partial charge in [-0.3, -0.25) is 4.52 Å². The van der Waals surface area contributed by atoms with Crippen LogP contribution < -0.4 is 0 Å². The van der Waals surface area contributed by atoms with Crippen LogP contribution in [0.4, 0.5) is 0 Å². The zero-order valence-corrected chi connectivity index (χ0v) is 10.5. The molecule has 0 saturated heterocycles. The fourth-order valence-corrected chi connectivity index (χ4v) is 1.63. The van der Waals surface area contributed by atoms with Gasteiger partial charge in [0.05, 0.1) is 0 Å². The van der Waals surface area contributed by atoms with Gasteiger partial charge in [0.2, 0.25) is 0 Å². The van der Waals surface area contributed by atoms with Gasteiger partial charge < -0.3 is 4.62 Å². The molecule has 0 rings (SSSR count). The normalized spacial score (nSPS) is 16.9. The van der Waals surface area contributed by atoms with Crippen molar-refractivity contribution in [3.63, 3.8) is 0 Å². The topological polar surface area (TPSA) is 51.1 Å². The van der Waals surface area contributed by atoms with Gasteiger partial charge in [0.25, 0.3) is 0 Å². The van der Waals surface area contributed by atoms with Crippen molar-refractivity contribution in [2.75, 3.05) is 21.2 Å². The van der Waals surface area contributed by atoms with Gasteiger partial charge in [-0.05, 0) is 20.5 Å². The Balaban J connectivity index is 4.34. The van der Waals surface area contributed by atoms with E-state index in [1.54, 1.807) is 14.1 Å². The zero-order chi connectivity index (χ0) is 11.2. The van der Waals surface area contributed by atoms with Gasteiger partial charge in [0.15, 0.2) is 0 Å². The SMILES string of the molecule is CCC/C(Cl)=N/O[P@@](=O)(OC)N(C)C. The summed E-state index contributed by atoms with van der Waals surface area (Å²) in [4.78, 5) is 0. The van der Waals surface area contributed by atoms with Crippen LogP contribution in [0.3, 0.4) is 0 Å². The van der Waals surface area contributed by atoms with Gasteiger partial charge in [0.1, 0.15) is 5.17 Å². The van der Waals surface area contributed by atoms with E-state index >= 15 is 0 Å². The summed E-state index contributed by atoms with van der Waals surface area (Å²) in [6, 6.07) is 0. The summed E-state index contributed by atoms with van der Waals surface area (Å²) in [5.41, 5.74) is 0. The molecular weight excluding hydrogens is 227 g/mol. The Morgan fingerprint density at radius 1 is 1.57 bits per heavy atom. The molecule has 0 aromatic carbocycles. The Hall–Kier alpha value is -0.0900. The molecule has 0 spiro atoms. The number of rotatable bonds is 6. The first-order chi connectivity index (χ1) is 6.46. The van der Waals surface area contributed by atoms with Gasteiger partial charge in [0, 0.05) is 13.5 Å². The Kier molecular flexibility index (Phi) is 6.36. The summed E-state index contributed by atoms with van der Waals surface area (Å²) in [6.45, 7) is 1.96. The van der Waals surface area contributed by atoms with Gasteiger partial charge in [-0.2, -0.15) is 0 Å². The van der Waals surface area contributed by atoms with Crippen LogP contribution in [0.25, 0.3) is 0 Å². The monoisotopic (exact) mass is 242 g/mol. The maximum absolute atomic E-state index is 11.7. The molecule has 0 aromatic heterocycles. The molecule has 0 saturated carbocycles. The fourth-order valence-electron chi connectivity index (χ4n) is 0.617. The fraction of sp³-hybridized carbons (Fsp3) is 0.857. The Bertz CT molecular complexity index is 245. The summed E-state index contributed by atoms with van der Waals surface area (Å²) in [7, 11) is 1.16. The lowest BCUT2D eigenvalue weighted by molar-refractivity contribution is 0.204. The predicted octanol–water partition coefficient (Wildman–Crippen LogP) is 2.67. The highest BCUT2D eigenvalue weighted by Gasteiger charge is 2.28. The highest BCUT2D eigenvalue weighted by atomic mass is 35.5. The van der Waals surface area contributed by atoms with Crippen molar-refractivity contribution in [1.29, 1.82) is 0 Å². The summed E-state index contributed by atoms with van der Waals surface area (Å²) in [6.07, 6.45) is 1.45. The molecule has 0 aliphatic rings.